The van der Waals surface area contributed by atoms with Crippen molar-refractivity contribution in [3.05, 3.63) is 30.1 Å². The fourth-order valence-corrected chi connectivity index (χ4v) is 2.42. The zero-order valence-corrected chi connectivity index (χ0v) is 9.88. The van der Waals surface area contributed by atoms with Gasteiger partial charge in [0, 0.05) is 24.0 Å². The maximum atomic E-state index is 13.0. The van der Waals surface area contributed by atoms with E-state index >= 15 is 0 Å². The van der Waals surface area contributed by atoms with Gasteiger partial charge in [0.05, 0.1) is 0 Å². The first-order valence-electron chi connectivity index (χ1n) is 4.90. The summed E-state index contributed by atoms with van der Waals surface area (Å²) in [5.74, 6) is -0.339. The summed E-state index contributed by atoms with van der Waals surface area (Å²) in [7, 11) is 0. The van der Waals surface area contributed by atoms with Gasteiger partial charge < -0.3 is 4.90 Å². The lowest BCUT2D eigenvalue weighted by atomic mass is 10.1. The van der Waals surface area contributed by atoms with Crippen molar-refractivity contribution >= 4 is 34.8 Å². The first kappa shape index (κ1) is 11.7. The van der Waals surface area contributed by atoms with Gasteiger partial charge in [0.1, 0.15) is 11.2 Å². The Morgan fingerprint density at radius 2 is 2.25 bits per heavy atom. The lowest BCUT2D eigenvalue weighted by Crippen LogP contribution is -2.27. The highest BCUT2D eigenvalue weighted by Gasteiger charge is 2.39. The molecule has 0 spiro atoms. The highest BCUT2D eigenvalue weighted by molar-refractivity contribution is 6.34. The summed E-state index contributed by atoms with van der Waals surface area (Å²) in [6.45, 7) is 0.444. The average Bonchev–Trinajstić information content (AvgIpc) is 2.56. The minimum atomic E-state index is -0.610. The highest BCUT2D eigenvalue weighted by atomic mass is 35.5. The van der Waals surface area contributed by atoms with E-state index in [9.17, 15) is 9.18 Å². The van der Waals surface area contributed by atoms with Crippen LogP contribution in [-0.2, 0) is 4.79 Å². The lowest BCUT2D eigenvalue weighted by molar-refractivity contribution is -0.117. The second-order valence-corrected chi connectivity index (χ2v) is 4.52. The van der Waals surface area contributed by atoms with Crippen molar-refractivity contribution in [2.24, 2.45) is 5.92 Å². The topological polar surface area (TPSA) is 20.3 Å². The zero-order chi connectivity index (χ0) is 11.7. The minimum absolute atomic E-state index is 0.0842. The zero-order valence-electron chi connectivity index (χ0n) is 8.37. The van der Waals surface area contributed by atoms with Crippen LogP contribution >= 0.6 is 23.2 Å². The molecule has 1 fully saturated rings. The van der Waals surface area contributed by atoms with Crippen LogP contribution in [0.25, 0.3) is 0 Å². The van der Waals surface area contributed by atoms with Crippen LogP contribution in [0.1, 0.15) is 0 Å². The molecule has 1 saturated heterocycles. The SMILES string of the molecule is O=C1C(Cl)C(CCl)CN1c1cccc(F)c1. The lowest BCUT2D eigenvalue weighted by Gasteiger charge is -2.15. The summed E-state index contributed by atoms with van der Waals surface area (Å²) in [4.78, 5) is 13.3. The number of amides is 1. The predicted octanol–water partition coefficient (Wildman–Crippen LogP) is 2.63. The molecule has 2 atom stereocenters. The molecule has 86 valence electrons. The number of alkyl halides is 2. The molecule has 2 nitrogen and oxygen atoms in total. The van der Waals surface area contributed by atoms with Gasteiger partial charge >= 0.3 is 0 Å². The Labute approximate surface area is 103 Å². The van der Waals surface area contributed by atoms with Crippen molar-refractivity contribution < 1.29 is 9.18 Å². The van der Waals surface area contributed by atoms with Crippen molar-refractivity contribution in [1.82, 2.24) is 0 Å². The van der Waals surface area contributed by atoms with Crippen molar-refractivity contribution in [3.63, 3.8) is 0 Å². The molecule has 2 unspecified atom stereocenters. The molecule has 1 aliphatic rings. The van der Waals surface area contributed by atoms with Crippen LogP contribution in [0.2, 0.25) is 0 Å². The van der Waals surface area contributed by atoms with Crippen LogP contribution in [0.5, 0.6) is 0 Å². The third-order valence-corrected chi connectivity index (χ3v) is 3.59. The molecule has 1 aromatic rings. The van der Waals surface area contributed by atoms with Gasteiger partial charge in [-0.15, -0.1) is 23.2 Å². The molecule has 1 aromatic carbocycles. The fraction of sp³-hybridized carbons (Fsp3) is 0.364. The summed E-state index contributed by atoms with van der Waals surface area (Å²) in [6, 6.07) is 5.90. The van der Waals surface area contributed by atoms with Crippen LogP contribution < -0.4 is 4.90 Å². The Balaban J connectivity index is 2.26. The average molecular weight is 262 g/mol. The molecule has 0 N–H and O–H groups in total. The molecule has 0 bridgehead atoms. The van der Waals surface area contributed by atoms with Gasteiger partial charge in [-0.25, -0.2) is 4.39 Å². The first-order valence-corrected chi connectivity index (χ1v) is 5.87. The molecule has 1 amide bonds. The molecular formula is C11H10Cl2FNO. The third-order valence-electron chi connectivity index (χ3n) is 2.65. The van der Waals surface area contributed by atoms with Crippen molar-refractivity contribution in [2.75, 3.05) is 17.3 Å². The molecule has 0 aromatic heterocycles. The van der Waals surface area contributed by atoms with Crippen LogP contribution in [0.4, 0.5) is 10.1 Å². The molecule has 2 rings (SSSR count). The standard InChI is InChI=1S/C11H10Cl2FNO/c12-5-7-6-15(11(16)10(7)13)9-3-1-2-8(14)4-9/h1-4,7,10H,5-6H2. The van der Waals surface area contributed by atoms with E-state index in [0.717, 1.165) is 0 Å². The second-order valence-electron chi connectivity index (χ2n) is 3.74. The van der Waals surface area contributed by atoms with Crippen LogP contribution in [-0.4, -0.2) is 23.7 Å². The van der Waals surface area contributed by atoms with Crippen molar-refractivity contribution in [1.29, 1.82) is 0 Å². The van der Waals surface area contributed by atoms with E-state index in [0.29, 0.717) is 18.1 Å². The Hall–Kier alpha value is -0.800. The number of hydrogen-bond donors (Lipinski definition) is 0. The van der Waals surface area contributed by atoms with Gasteiger partial charge in [-0.2, -0.15) is 0 Å². The molecule has 16 heavy (non-hydrogen) atoms. The number of carbonyl (C=O) groups excluding carboxylic acids is 1. The Morgan fingerprint density at radius 1 is 1.50 bits per heavy atom. The van der Waals surface area contributed by atoms with Gasteiger partial charge in [-0.3, -0.25) is 4.79 Å². The quantitative estimate of drug-likeness (QED) is 0.750. The Bertz CT molecular complexity index is 413. The van der Waals surface area contributed by atoms with Gasteiger partial charge in [0.2, 0.25) is 5.91 Å². The van der Waals surface area contributed by atoms with Crippen molar-refractivity contribution in [2.45, 2.75) is 5.38 Å². The highest BCUT2D eigenvalue weighted by Crippen LogP contribution is 2.29. The van der Waals surface area contributed by atoms with Crippen molar-refractivity contribution in [3.8, 4) is 0 Å². The number of rotatable bonds is 2. The molecule has 0 radical (unpaired) electrons. The third kappa shape index (κ3) is 2.02. The maximum Gasteiger partial charge on any atom is 0.245 e. The van der Waals surface area contributed by atoms with Crippen LogP contribution in [0.3, 0.4) is 0 Å². The Kier molecular flexibility index (Phi) is 3.36. The number of nitrogens with zero attached hydrogens (tertiary/aromatic N) is 1. The van der Waals surface area contributed by atoms with E-state index in [2.05, 4.69) is 0 Å². The van der Waals surface area contributed by atoms with E-state index in [1.807, 2.05) is 0 Å². The number of hydrogen-bond acceptors (Lipinski definition) is 1. The molecule has 5 heteroatoms. The Morgan fingerprint density at radius 3 is 2.81 bits per heavy atom. The maximum absolute atomic E-state index is 13.0. The van der Waals surface area contributed by atoms with Crippen LogP contribution in [0, 0.1) is 11.7 Å². The van der Waals surface area contributed by atoms with E-state index in [-0.39, 0.29) is 17.6 Å². The molecule has 0 aliphatic carbocycles. The number of benzene rings is 1. The monoisotopic (exact) mass is 261 g/mol. The number of halogens is 3. The molecule has 1 aliphatic heterocycles. The van der Waals surface area contributed by atoms with E-state index < -0.39 is 5.38 Å². The van der Waals surface area contributed by atoms with E-state index in [1.165, 1.54) is 17.0 Å². The summed E-state index contributed by atoms with van der Waals surface area (Å²) in [5, 5.41) is -0.610. The minimum Gasteiger partial charge on any atom is -0.311 e. The van der Waals surface area contributed by atoms with Gasteiger partial charge in [0.25, 0.3) is 0 Å². The second kappa shape index (κ2) is 4.60. The number of anilines is 1. The van der Waals surface area contributed by atoms with Crippen LogP contribution in [0.15, 0.2) is 24.3 Å². The predicted molar refractivity (Wildman–Crippen MR) is 62.6 cm³/mol. The van der Waals surface area contributed by atoms with E-state index in [4.69, 9.17) is 23.2 Å². The largest absolute Gasteiger partial charge is 0.311 e. The van der Waals surface area contributed by atoms with Gasteiger partial charge in [-0.05, 0) is 18.2 Å². The summed E-state index contributed by atoms with van der Waals surface area (Å²) < 4.78 is 13.0. The smallest absolute Gasteiger partial charge is 0.245 e. The molecule has 0 saturated carbocycles. The first-order chi connectivity index (χ1) is 7.63. The van der Waals surface area contributed by atoms with Gasteiger partial charge in [-0.1, -0.05) is 6.07 Å². The summed E-state index contributed by atoms with van der Waals surface area (Å²) >= 11 is 11.7. The normalized spacial score (nSPS) is 25.2. The fourth-order valence-electron chi connectivity index (χ4n) is 1.77. The van der Waals surface area contributed by atoms with E-state index in [1.54, 1.807) is 12.1 Å². The summed E-state index contributed by atoms with van der Waals surface area (Å²) in [5.41, 5.74) is 0.531. The molecule has 1 heterocycles. The number of carbonyl (C=O) groups is 1. The summed E-state index contributed by atoms with van der Waals surface area (Å²) in [6.07, 6.45) is 0. The molecular weight excluding hydrogens is 252 g/mol. The van der Waals surface area contributed by atoms with Gasteiger partial charge in [0.15, 0.2) is 0 Å².